The van der Waals surface area contributed by atoms with Crippen LogP contribution < -0.4 is 5.32 Å². The van der Waals surface area contributed by atoms with E-state index in [0.717, 1.165) is 36.7 Å². The van der Waals surface area contributed by atoms with Gasteiger partial charge < -0.3 is 10.2 Å². The fourth-order valence-electron chi connectivity index (χ4n) is 3.18. The Morgan fingerprint density at radius 1 is 1.16 bits per heavy atom. The quantitative estimate of drug-likeness (QED) is 0.342. The van der Waals surface area contributed by atoms with Crippen molar-refractivity contribution in [1.82, 2.24) is 4.90 Å². The van der Waals surface area contributed by atoms with E-state index in [1.807, 2.05) is 0 Å². The van der Waals surface area contributed by atoms with Gasteiger partial charge in [-0.05, 0) is 43.2 Å². The summed E-state index contributed by atoms with van der Waals surface area (Å²) in [7, 11) is 0. The first-order valence-electron chi connectivity index (χ1n) is 9.43. The minimum atomic E-state index is -4.72. The number of nitrogens with one attached hydrogen (secondary N) is 1. The van der Waals surface area contributed by atoms with Crippen LogP contribution in [0.2, 0.25) is 5.02 Å². The predicted molar refractivity (Wildman–Crippen MR) is 114 cm³/mol. The highest BCUT2D eigenvalue weighted by Gasteiger charge is 2.33. The SMILES string of the molecule is O=C(CSc1ccc(C(F)(F)F)cc1[N+](=O)[O-])Nc1ccc(Cl)cc1C(=O)N1CCCC1. The largest absolute Gasteiger partial charge is 0.416 e. The van der Waals surface area contributed by atoms with Gasteiger partial charge in [0.2, 0.25) is 5.91 Å². The number of nitro groups is 1. The standard InChI is InChI=1S/C20H17ClF3N3O4S/c21-13-4-5-15(14(10-13)19(29)26-7-1-2-8-26)25-18(28)11-32-17-6-3-12(20(22,23)24)9-16(17)27(30)31/h3-6,9-10H,1-2,7-8,11H2,(H,25,28). The topological polar surface area (TPSA) is 92.5 Å². The van der Waals surface area contributed by atoms with Gasteiger partial charge in [0, 0.05) is 24.2 Å². The van der Waals surface area contributed by atoms with E-state index in [0.29, 0.717) is 24.2 Å². The first kappa shape index (κ1) is 23.9. The molecule has 0 bridgehead atoms. The molecule has 0 radical (unpaired) electrons. The zero-order valence-corrected chi connectivity index (χ0v) is 18.0. The molecule has 2 aromatic carbocycles. The van der Waals surface area contributed by atoms with Crippen LogP contribution in [0.5, 0.6) is 0 Å². The zero-order valence-electron chi connectivity index (χ0n) is 16.4. The van der Waals surface area contributed by atoms with E-state index in [1.165, 1.54) is 18.2 Å². The summed E-state index contributed by atoms with van der Waals surface area (Å²) in [5, 5.41) is 14.1. The minimum absolute atomic E-state index is 0.0809. The summed E-state index contributed by atoms with van der Waals surface area (Å²) < 4.78 is 38.5. The fourth-order valence-corrected chi connectivity index (χ4v) is 4.16. The summed E-state index contributed by atoms with van der Waals surface area (Å²) in [6.45, 7) is 1.21. The van der Waals surface area contributed by atoms with Gasteiger partial charge >= 0.3 is 6.18 Å². The van der Waals surface area contributed by atoms with Gasteiger partial charge in [-0.1, -0.05) is 11.6 Å². The van der Waals surface area contributed by atoms with Crippen LogP contribution in [-0.4, -0.2) is 40.5 Å². The number of carbonyl (C=O) groups excluding carboxylic acids is 2. The second-order valence-corrected chi connectivity index (χ2v) is 8.42. The van der Waals surface area contributed by atoms with Crippen LogP contribution in [0.3, 0.4) is 0 Å². The molecule has 2 amide bonds. The van der Waals surface area contributed by atoms with Gasteiger partial charge in [-0.2, -0.15) is 13.2 Å². The maximum absolute atomic E-state index is 12.8. The van der Waals surface area contributed by atoms with Gasteiger partial charge in [0.05, 0.1) is 32.4 Å². The minimum Gasteiger partial charge on any atom is -0.339 e. The normalized spacial score (nSPS) is 13.8. The van der Waals surface area contributed by atoms with Crippen molar-refractivity contribution in [2.75, 3.05) is 24.2 Å². The average Bonchev–Trinajstić information content (AvgIpc) is 3.27. The molecule has 1 aliphatic heterocycles. The highest BCUT2D eigenvalue weighted by molar-refractivity contribution is 8.00. The molecular formula is C20H17ClF3N3O4S. The summed E-state index contributed by atoms with van der Waals surface area (Å²) in [6.07, 6.45) is -2.95. The third kappa shape index (κ3) is 5.71. The second kappa shape index (κ2) is 9.78. The molecule has 0 atom stereocenters. The number of carbonyl (C=O) groups is 2. The predicted octanol–water partition coefficient (Wildman–Crippen LogP) is 5.23. The Kier molecular flexibility index (Phi) is 7.29. The Labute approximate surface area is 190 Å². The number of likely N-dealkylation sites (tertiary alicyclic amines) is 1. The third-order valence-electron chi connectivity index (χ3n) is 4.72. The van der Waals surface area contributed by atoms with Crippen molar-refractivity contribution in [1.29, 1.82) is 0 Å². The molecule has 1 heterocycles. The van der Waals surface area contributed by atoms with E-state index in [4.69, 9.17) is 11.6 Å². The molecule has 1 saturated heterocycles. The van der Waals surface area contributed by atoms with E-state index in [-0.39, 0.29) is 27.8 Å². The average molecular weight is 488 g/mol. The number of halogens is 4. The fraction of sp³-hybridized carbons (Fsp3) is 0.300. The Hall–Kier alpha value is -2.79. The highest BCUT2D eigenvalue weighted by atomic mass is 35.5. The first-order valence-corrected chi connectivity index (χ1v) is 10.8. The number of amides is 2. The van der Waals surface area contributed by atoms with Gasteiger partial charge in [-0.3, -0.25) is 19.7 Å². The number of benzene rings is 2. The van der Waals surface area contributed by atoms with Gasteiger partial charge in [0.1, 0.15) is 0 Å². The molecule has 0 spiro atoms. The van der Waals surface area contributed by atoms with Crippen molar-refractivity contribution in [2.45, 2.75) is 23.9 Å². The number of rotatable bonds is 6. The van der Waals surface area contributed by atoms with Gasteiger partial charge in [0.15, 0.2) is 0 Å². The third-order valence-corrected chi connectivity index (χ3v) is 6.02. The van der Waals surface area contributed by atoms with Crippen molar-refractivity contribution in [3.63, 3.8) is 0 Å². The van der Waals surface area contributed by atoms with Crippen LogP contribution in [-0.2, 0) is 11.0 Å². The molecule has 0 saturated carbocycles. The molecule has 0 aromatic heterocycles. The van der Waals surface area contributed by atoms with Crippen molar-refractivity contribution < 1.29 is 27.7 Å². The lowest BCUT2D eigenvalue weighted by molar-refractivity contribution is -0.388. The number of nitro benzene ring substituents is 1. The Morgan fingerprint density at radius 2 is 1.84 bits per heavy atom. The lowest BCUT2D eigenvalue weighted by atomic mass is 10.1. The smallest absolute Gasteiger partial charge is 0.339 e. The number of anilines is 1. The van der Waals surface area contributed by atoms with Crippen LogP contribution in [0.4, 0.5) is 24.5 Å². The van der Waals surface area contributed by atoms with E-state index < -0.39 is 28.3 Å². The lowest BCUT2D eigenvalue weighted by Gasteiger charge is -2.18. The van der Waals surface area contributed by atoms with E-state index in [2.05, 4.69) is 5.32 Å². The summed E-state index contributed by atoms with van der Waals surface area (Å²) >= 11 is 6.73. The Balaban J connectivity index is 1.73. The Morgan fingerprint density at radius 3 is 2.47 bits per heavy atom. The molecule has 1 N–H and O–H groups in total. The van der Waals surface area contributed by atoms with Gasteiger partial charge in [-0.15, -0.1) is 11.8 Å². The maximum Gasteiger partial charge on any atom is 0.416 e. The molecule has 1 aliphatic rings. The number of hydrogen-bond acceptors (Lipinski definition) is 5. The lowest BCUT2D eigenvalue weighted by Crippen LogP contribution is -2.29. The molecule has 12 heteroatoms. The zero-order chi connectivity index (χ0) is 23.5. The molecule has 170 valence electrons. The van der Waals surface area contributed by atoms with E-state index >= 15 is 0 Å². The van der Waals surface area contributed by atoms with Crippen molar-refractivity contribution in [2.24, 2.45) is 0 Å². The van der Waals surface area contributed by atoms with Crippen molar-refractivity contribution >= 4 is 46.6 Å². The van der Waals surface area contributed by atoms with E-state index in [9.17, 15) is 32.9 Å². The molecular weight excluding hydrogens is 471 g/mol. The van der Waals surface area contributed by atoms with Crippen LogP contribution in [0, 0.1) is 10.1 Å². The number of alkyl halides is 3. The maximum atomic E-state index is 12.8. The summed E-state index contributed by atoms with van der Waals surface area (Å²) in [5.41, 5.74) is -1.43. The highest BCUT2D eigenvalue weighted by Crippen LogP contribution is 2.36. The van der Waals surface area contributed by atoms with E-state index in [1.54, 1.807) is 4.90 Å². The van der Waals surface area contributed by atoms with Crippen LogP contribution in [0.25, 0.3) is 0 Å². The van der Waals surface area contributed by atoms with Gasteiger partial charge in [-0.25, -0.2) is 0 Å². The van der Waals surface area contributed by atoms with Crippen LogP contribution >= 0.6 is 23.4 Å². The van der Waals surface area contributed by atoms with Crippen molar-refractivity contribution in [3.05, 3.63) is 62.7 Å². The number of hydrogen-bond donors (Lipinski definition) is 1. The molecule has 32 heavy (non-hydrogen) atoms. The van der Waals surface area contributed by atoms with Crippen LogP contribution in [0.15, 0.2) is 41.3 Å². The Bertz CT molecular complexity index is 1060. The molecule has 1 fully saturated rings. The number of nitrogens with zero attached hydrogens (tertiary/aromatic N) is 2. The monoisotopic (exact) mass is 487 g/mol. The summed E-state index contributed by atoms with van der Waals surface area (Å²) in [4.78, 5) is 37.0. The molecule has 2 aromatic rings. The first-order chi connectivity index (χ1) is 15.1. The summed E-state index contributed by atoms with van der Waals surface area (Å²) in [5.74, 6) is -1.17. The molecule has 0 aliphatic carbocycles. The summed E-state index contributed by atoms with van der Waals surface area (Å²) in [6, 6.07) is 6.56. The molecule has 7 nitrogen and oxygen atoms in total. The van der Waals surface area contributed by atoms with Crippen molar-refractivity contribution in [3.8, 4) is 0 Å². The second-order valence-electron chi connectivity index (χ2n) is 6.96. The number of thioether (sulfide) groups is 1. The molecule has 3 rings (SSSR count). The molecule has 0 unspecified atom stereocenters. The van der Waals surface area contributed by atoms with Gasteiger partial charge in [0.25, 0.3) is 11.6 Å². The van der Waals surface area contributed by atoms with Crippen LogP contribution in [0.1, 0.15) is 28.8 Å².